The van der Waals surface area contributed by atoms with Crippen molar-refractivity contribution in [1.29, 1.82) is 0 Å². The summed E-state index contributed by atoms with van der Waals surface area (Å²) < 4.78 is 0. The molecule has 0 aliphatic rings. The first-order valence-electron chi connectivity index (χ1n) is 5.37. The van der Waals surface area contributed by atoms with Crippen molar-refractivity contribution in [3.8, 4) is 0 Å². The van der Waals surface area contributed by atoms with Crippen LogP contribution in [0.15, 0.2) is 35.7 Å². The molecular weight excluding hydrogens is 273 g/mol. The van der Waals surface area contributed by atoms with E-state index >= 15 is 0 Å². The number of hydrogen-bond donors (Lipinski definition) is 1. The zero-order valence-corrected chi connectivity index (χ0v) is 11.7. The van der Waals surface area contributed by atoms with Crippen LogP contribution < -0.4 is 5.32 Å². The van der Waals surface area contributed by atoms with Crippen molar-refractivity contribution in [1.82, 2.24) is 5.32 Å². The van der Waals surface area contributed by atoms with Gasteiger partial charge in [0, 0.05) is 27.5 Å². The molecule has 1 heterocycles. The lowest BCUT2D eigenvalue weighted by Gasteiger charge is -2.13. The molecule has 1 atom stereocenters. The highest BCUT2D eigenvalue weighted by Gasteiger charge is 2.07. The molecule has 1 aromatic carbocycles. The molecule has 90 valence electrons. The summed E-state index contributed by atoms with van der Waals surface area (Å²) in [7, 11) is 0. The van der Waals surface area contributed by atoms with Crippen molar-refractivity contribution >= 4 is 34.5 Å². The van der Waals surface area contributed by atoms with E-state index in [2.05, 4.69) is 29.8 Å². The standard InChI is InChI=1S/C13H13Cl2NS/c1-9(13-3-2-6-17-13)16-8-10-7-11(14)4-5-12(10)15/h2-7,9,16H,8H2,1H3/t9-/m1/s1. The van der Waals surface area contributed by atoms with Crippen LogP contribution >= 0.6 is 34.5 Å². The third kappa shape index (κ3) is 3.46. The van der Waals surface area contributed by atoms with Gasteiger partial charge in [0.2, 0.25) is 0 Å². The lowest BCUT2D eigenvalue weighted by molar-refractivity contribution is 0.583. The van der Waals surface area contributed by atoms with Crippen molar-refractivity contribution in [2.75, 3.05) is 0 Å². The number of benzene rings is 1. The summed E-state index contributed by atoms with van der Waals surface area (Å²) in [5.74, 6) is 0. The van der Waals surface area contributed by atoms with Gasteiger partial charge in [0.05, 0.1) is 0 Å². The zero-order chi connectivity index (χ0) is 12.3. The lowest BCUT2D eigenvalue weighted by atomic mass is 10.2. The highest BCUT2D eigenvalue weighted by atomic mass is 35.5. The van der Waals surface area contributed by atoms with E-state index in [-0.39, 0.29) is 0 Å². The third-order valence-corrected chi connectivity index (χ3v) is 4.24. The van der Waals surface area contributed by atoms with Crippen LogP contribution in [0.3, 0.4) is 0 Å². The third-order valence-electron chi connectivity index (χ3n) is 2.58. The van der Waals surface area contributed by atoms with Gasteiger partial charge in [-0.15, -0.1) is 11.3 Å². The van der Waals surface area contributed by atoms with E-state index in [0.717, 1.165) is 22.2 Å². The minimum atomic E-state index is 0.324. The predicted octanol–water partition coefficient (Wildman–Crippen LogP) is 4.91. The molecule has 0 aliphatic heterocycles. The molecule has 0 saturated carbocycles. The first-order chi connectivity index (χ1) is 8.16. The van der Waals surface area contributed by atoms with Gasteiger partial charge >= 0.3 is 0 Å². The summed E-state index contributed by atoms with van der Waals surface area (Å²) in [6.45, 7) is 2.86. The Labute approximate surface area is 115 Å². The van der Waals surface area contributed by atoms with Crippen LogP contribution in [-0.2, 0) is 6.54 Å². The fourth-order valence-corrected chi connectivity index (χ4v) is 2.72. The Bertz CT molecular complexity index is 482. The molecule has 1 N–H and O–H groups in total. The van der Waals surface area contributed by atoms with Gasteiger partial charge in [0.25, 0.3) is 0 Å². The Morgan fingerprint density at radius 2 is 2.12 bits per heavy atom. The lowest BCUT2D eigenvalue weighted by Crippen LogP contribution is -2.17. The molecule has 0 unspecified atom stereocenters. The molecule has 0 saturated heterocycles. The Morgan fingerprint density at radius 3 is 2.82 bits per heavy atom. The van der Waals surface area contributed by atoms with E-state index in [1.54, 1.807) is 17.4 Å². The summed E-state index contributed by atoms with van der Waals surface area (Å²) >= 11 is 13.8. The van der Waals surface area contributed by atoms with Crippen LogP contribution in [0.5, 0.6) is 0 Å². The quantitative estimate of drug-likeness (QED) is 0.842. The molecule has 2 rings (SSSR count). The van der Waals surface area contributed by atoms with Gasteiger partial charge in [-0.3, -0.25) is 0 Å². The molecule has 17 heavy (non-hydrogen) atoms. The number of thiophene rings is 1. The SMILES string of the molecule is C[C@@H](NCc1cc(Cl)ccc1Cl)c1cccs1. The molecule has 0 fully saturated rings. The number of rotatable bonds is 4. The van der Waals surface area contributed by atoms with Crippen molar-refractivity contribution in [3.63, 3.8) is 0 Å². The van der Waals surface area contributed by atoms with Crippen molar-refractivity contribution in [2.45, 2.75) is 19.5 Å². The Kier molecular flexibility index (Phi) is 4.46. The maximum Gasteiger partial charge on any atom is 0.0451 e. The van der Waals surface area contributed by atoms with Gasteiger partial charge in [-0.1, -0.05) is 29.3 Å². The summed E-state index contributed by atoms with van der Waals surface area (Å²) in [4.78, 5) is 1.32. The highest BCUT2D eigenvalue weighted by Crippen LogP contribution is 2.23. The minimum Gasteiger partial charge on any atom is -0.305 e. The molecule has 0 aliphatic carbocycles. The molecule has 2 aromatic rings. The van der Waals surface area contributed by atoms with Crippen molar-refractivity contribution in [2.24, 2.45) is 0 Å². The molecule has 0 amide bonds. The van der Waals surface area contributed by atoms with Gasteiger partial charge in [-0.2, -0.15) is 0 Å². The van der Waals surface area contributed by atoms with Crippen LogP contribution in [-0.4, -0.2) is 0 Å². The summed E-state index contributed by atoms with van der Waals surface area (Å²) in [5.41, 5.74) is 1.03. The minimum absolute atomic E-state index is 0.324. The second-order valence-corrected chi connectivity index (χ2v) is 5.68. The number of hydrogen-bond acceptors (Lipinski definition) is 2. The Balaban J connectivity index is 2.00. The van der Waals surface area contributed by atoms with E-state index in [4.69, 9.17) is 23.2 Å². The molecule has 4 heteroatoms. The van der Waals surface area contributed by atoms with Gasteiger partial charge in [-0.05, 0) is 42.1 Å². The van der Waals surface area contributed by atoms with E-state index in [9.17, 15) is 0 Å². The smallest absolute Gasteiger partial charge is 0.0451 e. The molecule has 1 aromatic heterocycles. The van der Waals surface area contributed by atoms with Crippen LogP contribution in [0.1, 0.15) is 23.4 Å². The summed E-state index contributed by atoms with van der Waals surface area (Å²) in [5, 5.41) is 6.99. The normalized spacial score (nSPS) is 12.6. The molecule has 1 nitrogen and oxygen atoms in total. The van der Waals surface area contributed by atoms with E-state index in [0.29, 0.717) is 6.04 Å². The van der Waals surface area contributed by atoms with Crippen molar-refractivity contribution in [3.05, 3.63) is 56.2 Å². The summed E-state index contributed by atoms with van der Waals surface area (Å²) in [6.07, 6.45) is 0. The van der Waals surface area contributed by atoms with Gasteiger partial charge in [0.15, 0.2) is 0 Å². The van der Waals surface area contributed by atoms with Gasteiger partial charge in [0.1, 0.15) is 0 Å². The number of halogens is 2. The van der Waals surface area contributed by atoms with Crippen molar-refractivity contribution < 1.29 is 0 Å². The van der Waals surface area contributed by atoms with E-state index in [1.165, 1.54) is 4.88 Å². The van der Waals surface area contributed by atoms with Crippen LogP contribution in [0.2, 0.25) is 10.0 Å². The average molecular weight is 286 g/mol. The van der Waals surface area contributed by atoms with Gasteiger partial charge < -0.3 is 5.32 Å². The van der Waals surface area contributed by atoms with E-state index in [1.807, 2.05) is 12.1 Å². The molecule has 0 radical (unpaired) electrons. The van der Waals surface area contributed by atoms with Gasteiger partial charge in [-0.25, -0.2) is 0 Å². The van der Waals surface area contributed by atoms with Crippen LogP contribution in [0, 0.1) is 0 Å². The monoisotopic (exact) mass is 285 g/mol. The number of nitrogens with one attached hydrogen (secondary N) is 1. The second-order valence-electron chi connectivity index (χ2n) is 3.85. The Morgan fingerprint density at radius 1 is 1.29 bits per heavy atom. The molecular formula is C13H13Cl2NS. The molecule has 0 spiro atoms. The largest absolute Gasteiger partial charge is 0.305 e. The zero-order valence-electron chi connectivity index (χ0n) is 9.41. The van der Waals surface area contributed by atoms with Crippen LogP contribution in [0.4, 0.5) is 0 Å². The topological polar surface area (TPSA) is 12.0 Å². The first-order valence-corrected chi connectivity index (χ1v) is 7.01. The predicted molar refractivity (Wildman–Crippen MR) is 76.0 cm³/mol. The molecule has 0 bridgehead atoms. The maximum atomic E-state index is 6.11. The van der Waals surface area contributed by atoms with Crippen LogP contribution in [0.25, 0.3) is 0 Å². The Hall–Kier alpha value is -0.540. The first kappa shape index (κ1) is 12.9. The second kappa shape index (κ2) is 5.87. The maximum absolute atomic E-state index is 6.11. The fourth-order valence-electron chi connectivity index (χ4n) is 1.58. The average Bonchev–Trinajstić information content (AvgIpc) is 2.83. The highest BCUT2D eigenvalue weighted by molar-refractivity contribution is 7.10. The van der Waals surface area contributed by atoms with E-state index < -0.39 is 0 Å². The summed E-state index contributed by atoms with van der Waals surface area (Å²) in [6, 6.07) is 10.0. The fraction of sp³-hybridized carbons (Fsp3) is 0.231.